The molecule has 1 aliphatic carbocycles. The summed E-state index contributed by atoms with van der Waals surface area (Å²) in [5.41, 5.74) is 0.314. The second kappa shape index (κ2) is 3.00. The van der Waals surface area contributed by atoms with Gasteiger partial charge in [-0.2, -0.15) is 0 Å². The molecule has 2 N–H and O–H groups in total. The summed E-state index contributed by atoms with van der Waals surface area (Å²) in [5, 5.41) is 19.2. The maximum absolute atomic E-state index is 11.5. The predicted molar refractivity (Wildman–Crippen MR) is 60.6 cm³/mol. The number of hydrogen-bond donors (Lipinski definition) is 2. The van der Waals surface area contributed by atoms with Crippen molar-refractivity contribution < 1.29 is 15.0 Å². The standard InChI is InChI=1S/C13H16O3/c1-8-4-5-10(14)9(6-8)13(11(15)16)7-12(13,2)3/h4-6,14H,7H2,1-3H3,(H,15,16). The first kappa shape index (κ1) is 11.0. The minimum absolute atomic E-state index is 0.0820. The summed E-state index contributed by atoms with van der Waals surface area (Å²) in [7, 11) is 0. The Bertz CT molecular complexity index is 462. The number of aliphatic carboxylic acids is 1. The van der Waals surface area contributed by atoms with E-state index < -0.39 is 11.4 Å². The molecule has 1 fully saturated rings. The van der Waals surface area contributed by atoms with Crippen LogP contribution in [0.3, 0.4) is 0 Å². The number of aryl methyl sites for hydroxylation is 1. The van der Waals surface area contributed by atoms with Gasteiger partial charge in [0.25, 0.3) is 0 Å². The van der Waals surface area contributed by atoms with Gasteiger partial charge in [-0.15, -0.1) is 0 Å². The highest BCUT2D eigenvalue weighted by atomic mass is 16.4. The lowest BCUT2D eigenvalue weighted by Gasteiger charge is -2.18. The molecule has 0 aromatic heterocycles. The monoisotopic (exact) mass is 220 g/mol. The summed E-state index contributed by atoms with van der Waals surface area (Å²) >= 11 is 0. The number of carboxylic acids is 1. The first-order chi connectivity index (χ1) is 7.31. The number of benzene rings is 1. The number of phenols is 1. The average Bonchev–Trinajstić information content (AvgIpc) is 2.75. The Hall–Kier alpha value is -1.51. The van der Waals surface area contributed by atoms with E-state index in [0.717, 1.165) is 5.56 Å². The van der Waals surface area contributed by atoms with E-state index in [1.165, 1.54) is 0 Å². The maximum atomic E-state index is 11.5. The number of phenolic OH excluding ortho intramolecular Hbond substituents is 1. The summed E-state index contributed by atoms with van der Waals surface area (Å²) in [6.07, 6.45) is 0.576. The third-order valence-corrected chi connectivity index (χ3v) is 3.71. The molecule has 86 valence electrons. The minimum Gasteiger partial charge on any atom is -0.508 e. The van der Waals surface area contributed by atoms with Gasteiger partial charge in [-0.3, -0.25) is 4.79 Å². The van der Waals surface area contributed by atoms with Gasteiger partial charge in [0.2, 0.25) is 0 Å². The zero-order valence-electron chi connectivity index (χ0n) is 9.74. The van der Waals surface area contributed by atoms with E-state index in [2.05, 4.69) is 0 Å². The van der Waals surface area contributed by atoms with Gasteiger partial charge in [0.05, 0.1) is 0 Å². The fraction of sp³-hybridized carbons (Fsp3) is 0.462. The topological polar surface area (TPSA) is 57.5 Å². The van der Waals surface area contributed by atoms with Crippen LogP contribution in [0, 0.1) is 12.3 Å². The number of carboxylic acid groups (broad SMARTS) is 1. The molecular weight excluding hydrogens is 204 g/mol. The highest BCUT2D eigenvalue weighted by Gasteiger charge is 2.68. The van der Waals surface area contributed by atoms with Gasteiger partial charge in [0.1, 0.15) is 11.2 Å². The minimum atomic E-state index is -0.914. The van der Waals surface area contributed by atoms with Crippen LogP contribution in [0.2, 0.25) is 0 Å². The third-order valence-electron chi connectivity index (χ3n) is 3.71. The van der Waals surface area contributed by atoms with E-state index in [1.807, 2.05) is 20.8 Å². The maximum Gasteiger partial charge on any atom is 0.314 e. The van der Waals surface area contributed by atoms with Crippen molar-refractivity contribution in [2.24, 2.45) is 5.41 Å². The summed E-state index contributed by atoms with van der Waals surface area (Å²) in [6.45, 7) is 5.74. The summed E-state index contributed by atoms with van der Waals surface area (Å²) in [6, 6.07) is 5.13. The summed E-state index contributed by atoms with van der Waals surface area (Å²) in [4.78, 5) is 11.5. The zero-order valence-corrected chi connectivity index (χ0v) is 9.74. The first-order valence-corrected chi connectivity index (χ1v) is 5.35. The molecule has 1 unspecified atom stereocenters. The molecule has 1 aliphatic rings. The van der Waals surface area contributed by atoms with E-state index in [4.69, 9.17) is 0 Å². The number of hydrogen-bond acceptors (Lipinski definition) is 2. The van der Waals surface area contributed by atoms with Crippen molar-refractivity contribution in [1.82, 2.24) is 0 Å². The van der Waals surface area contributed by atoms with Crippen LogP contribution in [0.5, 0.6) is 5.75 Å². The van der Waals surface area contributed by atoms with Crippen LogP contribution >= 0.6 is 0 Å². The average molecular weight is 220 g/mol. The molecule has 0 saturated heterocycles. The highest BCUT2D eigenvalue weighted by molar-refractivity contribution is 5.88. The van der Waals surface area contributed by atoms with Gasteiger partial charge in [-0.1, -0.05) is 31.5 Å². The quantitative estimate of drug-likeness (QED) is 0.804. The Balaban J connectivity index is 2.59. The molecule has 2 rings (SSSR count). The van der Waals surface area contributed by atoms with E-state index in [9.17, 15) is 15.0 Å². The van der Waals surface area contributed by atoms with Gasteiger partial charge in [0, 0.05) is 5.56 Å². The Morgan fingerprint density at radius 3 is 2.38 bits per heavy atom. The highest BCUT2D eigenvalue weighted by Crippen LogP contribution is 2.65. The number of rotatable bonds is 2. The van der Waals surface area contributed by atoms with Crippen molar-refractivity contribution in [3.63, 3.8) is 0 Å². The smallest absolute Gasteiger partial charge is 0.314 e. The van der Waals surface area contributed by atoms with Crippen LogP contribution in [0.25, 0.3) is 0 Å². The van der Waals surface area contributed by atoms with Crippen LogP contribution < -0.4 is 0 Å². The molecule has 1 aromatic rings. The van der Waals surface area contributed by atoms with Crippen LogP contribution in [0.4, 0.5) is 0 Å². The van der Waals surface area contributed by atoms with Gasteiger partial charge in [-0.25, -0.2) is 0 Å². The van der Waals surface area contributed by atoms with Gasteiger partial charge in [-0.05, 0) is 24.8 Å². The Morgan fingerprint density at radius 2 is 1.94 bits per heavy atom. The lowest BCUT2D eigenvalue weighted by molar-refractivity contribution is -0.141. The number of carbonyl (C=O) groups is 1. The van der Waals surface area contributed by atoms with Crippen LogP contribution in [0.1, 0.15) is 31.4 Å². The van der Waals surface area contributed by atoms with E-state index in [1.54, 1.807) is 18.2 Å². The molecule has 0 spiro atoms. The van der Waals surface area contributed by atoms with Crippen molar-refractivity contribution >= 4 is 5.97 Å². The van der Waals surface area contributed by atoms with Crippen LogP contribution in [0.15, 0.2) is 18.2 Å². The Morgan fingerprint density at radius 1 is 1.38 bits per heavy atom. The molecule has 0 radical (unpaired) electrons. The Kier molecular flexibility index (Phi) is 2.06. The SMILES string of the molecule is Cc1ccc(O)c(C2(C(=O)O)CC2(C)C)c1. The molecule has 0 bridgehead atoms. The molecule has 0 amide bonds. The molecule has 16 heavy (non-hydrogen) atoms. The molecule has 0 aliphatic heterocycles. The van der Waals surface area contributed by atoms with E-state index in [0.29, 0.717) is 12.0 Å². The van der Waals surface area contributed by atoms with Crippen molar-refractivity contribution in [2.45, 2.75) is 32.6 Å². The largest absolute Gasteiger partial charge is 0.508 e. The van der Waals surface area contributed by atoms with E-state index in [-0.39, 0.29) is 11.2 Å². The van der Waals surface area contributed by atoms with E-state index >= 15 is 0 Å². The fourth-order valence-corrected chi connectivity index (χ4v) is 2.55. The summed E-state index contributed by atoms with van der Waals surface area (Å²) in [5.74, 6) is -0.767. The molecule has 1 atom stereocenters. The van der Waals surface area contributed by atoms with Crippen LogP contribution in [-0.4, -0.2) is 16.2 Å². The van der Waals surface area contributed by atoms with Crippen molar-refractivity contribution in [1.29, 1.82) is 0 Å². The molecule has 3 heteroatoms. The van der Waals surface area contributed by atoms with Gasteiger partial charge in [0.15, 0.2) is 0 Å². The molecular formula is C13H16O3. The molecule has 3 nitrogen and oxygen atoms in total. The van der Waals surface area contributed by atoms with Crippen LogP contribution in [-0.2, 0) is 10.2 Å². The van der Waals surface area contributed by atoms with Crippen molar-refractivity contribution in [3.05, 3.63) is 29.3 Å². The second-order valence-corrected chi connectivity index (χ2v) is 5.29. The second-order valence-electron chi connectivity index (χ2n) is 5.29. The predicted octanol–water partition coefficient (Wildman–Crippen LogP) is 2.45. The number of aromatic hydroxyl groups is 1. The van der Waals surface area contributed by atoms with Crippen molar-refractivity contribution in [3.8, 4) is 5.75 Å². The van der Waals surface area contributed by atoms with Crippen molar-refractivity contribution in [2.75, 3.05) is 0 Å². The zero-order chi connectivity index (χ0) is 12.1. The van der Waals surface area contributed by atoms with Gasteiger partial charge < -0.3 is 10.2 Å². The summed E-state index contributed by atoms with van der Waals surface area (Å²) < 4.78 is 0. The lowest BCUT2D eigenvalue weighted by Crippen LogP contribution is -2.25. The normalized spacial score (nSPS) is 26.4. The molecule has 1 saturated carbocycles. The first-order valence-electron chi connectivity index (χ1n) is 5.35. The lowest BCUT2D eigenvalue weighted by atomic mass is 9.86. The fourth-order valence-electron chi connectivity index (χ4n) is 2.55. The third kappa shape index (κ3) is 1.24. The molecule has 1 aromatic carbocycles. The molecule has 0 heterocycles. The Labute approximate surface area is 94.7 Å². The van der Waals surface area contributed by atoms with Gasteiger partial charge >= 0.3 is 5.97 Å².